The number of aliphatic imine (C=N–C) groups is 1. The molecular weight excluding hydrogens is 408 g/mol. The highest BCUT2D eigenvalue weighted by Crippen LogP contribution is 2.24. The Morgan fingerprint density at radius 3 is 2.91 bits per heavy atom. The minimum Gasteiger partial charge on any atom is -0.379 e. The number of amides is 1. The molecule has 2 fully saturated rings. The van der Waals surface area contributed by atoms with Gasteiger partial charge in [-0.05, 0) is 45.1 Å². The van der Waals surface area contributed by atoms with E-state index in [0.717, 1.165) is 82.2 Å². The molecule has 178 valence electrons. The summed E-state index contributed by atoms with van der Waals surface area (Å²) in [5, 5.41) is 6.68. The molecule has 0 radical (unpaired) electrons. The van der Waals surface area contributed by atoms with Gasteiger partial charge in [0, 0.05) is 57.1 Å². The van der Waals surface area contributed by atoms with Crippen LogP contribution in [0.1, 0.15) is 44.6 Å². The van der Waals surface area contributed by atoms with E-state index in [1.54, 1.807) is 0 Å². The van der Waals surface area contributed by atoms with Crippen LogP contribution in [-0.2, 0) is 20.8 Å². The predicted octanol–water partition coefficient (Wildman–Crippen LogP) is 1.42. The Labute approximate surface area is 191 Å². The summed E-state index contributed by atoms with van der Waals surface area (Å²) in [5.41, 5.74) is 6.54. The molecule has 1 aromatic heterocycles. The molecule has 9 heteroatoms. The average Bonchev–Trinajstić information content (AvgIpc) is 3.33. The van der Waals surface area contributed by atoms with Crippen LogP contribution < -0.4 is 21.3 Å². The third-order valence-corrected chi connectivity index (χ3v) is 5.90. The second kappa shape index (κ2) is 13.2. The Bertz CT molecular complexity index is 730. The summed E-state index contributed by atoms with van der Waals surface area (Å²) in [7, 11) is 0. The molecule has 32 heavy (non-hydrogen) atoms. The zero-order valence-corrected chi connectivity index (χ0v) is 19.2. The lowest BCUT2D eigenvalue weighted by Gasteiger charge is -2.32. The number of pyridine rings is 1. The van der Waals surface area contributed by atoms with Crippen molar-refractivity contribution in [3.63, 3.8) is 0 Å². The fourth-order valence-corrected chi connectivity index (χ4v) is 4.09. The second-order valence-corrected chi connectivity index (χ2v) is 8.34. The van der Waals surface area contributed by atoms with Gasteiger partial charge in [-0.1, -0.05) is 6.07 Å². The molecule has 9 nitrogen and oxygen atoms in total. The first-order chi connectivity index (χ1) is 15.7. The van der Waals surface area contributed by atoms with Crippen molar-refractivity contribution in [3.05, 3.63) is 23.9 Å². The number of nitrogens with two attached hydrogens (primary N) is 1. The molecule has 1 amide bonds. The van der Waals surface area contributed by atoms with Crippen LogP contribution in [0, 0.1) is 5.92 Å². The Kier molecular flexibility index (Phi) is 10.0. The smallest absolute Gasteiger partial charge is 0.220 e. The van der Waals surface area contributed by atoms with Gasteiger partial charge in [-0.25, -0.2) is 9.98 Å². The van der Waals surface area contributed by atoms with Crippen molar-refractivity contribution in [3.8, 4) is 0 Å². The van der Waals surface area contributed by atoms with Crippen LogP contribution in [0.3, 0.4) is 0 Å². The summed E-state index contributed by atoms with van der Waals surface area (Å²) in [4.78, 5) is 23.0. The lowest BCUT2D eigenvalue weighted by molar-refractivity contribution is -0.122. The van der Waals surface area contributed by atoms with Gasteiger partial charge in [-0.15, -0.1) is 0 Å². The fourth-order valence-electron chi connectivity index (χ4n) is 4.09. The van der Waals surface area contributed by atoms with Crippen LogP contribution in [0.25, 0.3) is 0 Å². The highest BCUT2D eigenvalue weighted by Gasteiger charge is 2.24. The van der Waals surface area contributed by atoms with Gasteiger partial charge in [-0.3, -0.25) is 4.79 Å². The molecule has 1 atom stereocenters. The molecule has 1 aromatic rings. The number of nitrogens with zero attached hydrogens (tertiary/aromatic N) is 3. The lowest BCUT2D eigenvalue weighted by atomic mass is 9.96. The number of guanidine groups is 1. The normalized spacial score (nSPS) is 19.8. The number of piperidine rings is 1. The molecule has 0 saturated carbocycles. The van der Waals surface area contributed by atoms with E-state index in [1.807, 2.05) is 12.3 Å². The zero-order chi connectivity index (χ0) is 22.6. The molecule has 2 saturated heterocycles. The SMILES string of the molecule is CCNC(=NCc1cccnc1N1CCC(C(N)=O)CC1)NCCCOCC1CCCO1. The molecule has 3 rings (SSSR count). The molecule has 2 aliphatic rings. The number of carbonyl (C=O) groups is 1. The minimum atomic E-state index is -0.200. The Hall–Kier alpha value is -2.39. The maximum Gasteiger partial charge on any atom is 0.220 e. The molecule has 0 spiro atoms. The first-order valence-electron chi connectivity index (χ1n) is 11.9. The van der Waals surface area contributed by atoms with Crippen molar-refractivity contribution in [1.29, 1.82) is 0 Å². The van der Waals surface area contributed by atoms with Crippen LogP contribution in [0.4, 0.5) is 5.82 Å². The molecule has 4 N–H and O–H groups in total. The van der Waals surface area contributed by atoms with Crippen LogP contribution >= 0.6 is 0 Å². The minimum absolute atomic E-state index is 0.0318. The maximum absolute atomic E-state index is 11.5. The number of hydrogen-bond acceptors (Lipinski definition) is 6. The fraction of sp³-hybridized carbons (Fsp3) is 0.696. The number of carbonyl (C=O) groups excluding carboxylic acids is 1. The summed E-state index contributed by atoms with van der Waals surface area (Å²) in [6, 6.07) is 4.00. The van der Waals surface area contributed by atoms with Crippen LogP contribution in [0.5, 0.6) is 0 Å². The van der Waals surface area contributed by atoms with E-state index in [9.17, 15) is 4.79 Å². The van der Waals surface area contributed by atoms with Gasteiger partial charge in [0.2, 0.25) is 5.91 Å². The van der Waals surface area contributed by atoms with Gasteiger partial charge in [0.15, 0.2) is 5.96 Å². The van der Waals surface area contributed by atoms with E-state index < -0.39 is 0 Å². The topological polar surface area (TPSA) is 114 Å². The number of ether oxygens (including phenoxy) is 2. The van der Waals surface area contributed by atoms with E-state index in [4.69, 9.17) is 20.2 Å². The maximum atomic E-state index is 11.5. The van der Waals surface area contributed by atoms with Crippen LogP contribution in [-0.4, -0.2) is 69.0 Å². The molecule has 1 unspecified atom stereocenters. The molecule has 0 aromatic carbocycles. The van der Waals surface area contributed by atoms with Gasteiger partial charge >= 0.3 is 0 Å². The average molecular weight is 447 g/mol. The van der Waals surface area contributed by atoms with Crippen LogP contribution in [0.15, 0.2) is 23.3 Å². The van der Waals surface area contributed by atoms with Crippen LogP contribution in [0.2, 0.25) is 0 Å². The van der Waals surface area contributed by atoms with Crippen molar-refractivity contribution in [2.75, 3.05) is 50.9 Å². The van der Waals surface area contributed by atoms with Crippen molar-refractivity contribution in [2.45, 2.75) is 51.7 Å². The van der Waals surface area contributed by atoms with Gasteiger partial charge in [-0.2, -0.15) is 0 Å². The molecule has 3 heterocycles. The van der Waals surface area contributed by atoms with Gasteiger partial charge < -0.3 is 30.7 Å². The molecular formula is C23H38N6O3. The van der Waals surface area contributed by atoms with E-state index in [0.29, 0.717) is 19.8 Å². The molecule has 0 bridgehead atoms. The van der Waals surface area contributed by atoms with E-state index in [2.05, 4.69) is 33.5 Å². The largest absolute Gasteiger partial charge is 0.379 e. The molecule has 2 aliphatic heterocycles. The van der Waals surface area contributed by atoms with Gasteiger partial charge in [0.05, 0.1) is 19.3 Å². The predicted molar refractivity (Wildman–Crippen MR) is 126 cm³/mol. The van der Waals surface area contributed by atoms with Gasteiger partial charge in [0.25, 0.3) is 0 Å². The molecule has 0 aliphatic carbocycles. The summed E-state index contributed by atoms with van der Waals surface area (Å²) < 4.78 is 11.3. The first kappa shape index (κ1) is 24.3. The highest BCUT2D eigenvalue weighted by atomic mass is 16.5. The van der Waals surface area contributed by atoms with E-state index >= 15 is 0 Å². The number of anilines is 1. The number of aromatic nitrogens is 1. The summed E-state index contributed by atoms with van der Waals surface area (Å²) in [6.45, 7) is 8.00. The standard InChI is InChI=1S/C23H38N6O3/c1-2-25-23(27-11-5-14-31-17-20-7-4-15-32-20)28-16-19-6-3-10-26-22(19)29-12-8-18(9-13-29)21(24)30/h3,6,10,18,20H,2,4-5,7-9,11-17H2,1H3,(H2,24,30)(H2,25,27,28). The van der Waals surface area contributed by atoms with Crippen molar-refractivity contribution < 1.29 is 14.3 Å². The quantitative estimate of drug-likeness (QED) is 0.268. The number of rotatable bonds is 11. The Morgan fingerprint density at radius 1 is 1.34 bits per heavy atom. The number of nitrogens with one attached hydrogen (secondary N) is 2. The monoisotopic (exact) mass is 446 g/mol. The third-order valence-electron chi connectivity index (χ3n) is 5.90. The number of hydrogen-bond donors (Lipinski definition) is 3. The first-order valence-corrected chi connectivity index (χ1v) is 11.9. The second-order valence-electron chi connectivity index (χ2n) is 8.34. The summed E-state index contributed by atoms with van der Waals surface area (Å²) >= 11 is 0. The highest BCUT2D eigenvalue weighted by molar-refractivity contribution is 5.79. The van der Waals surface area contributed by atoms with E-state index in [-0.39, 0.29) is 17.9 Å². The van der Waals surface area contributed by atoms with Gasteiger partial charge in [0.1, 0.15) is 5.82 Å². The zero-order valence-electron chi connectivity index (χ0n) is 19.2. The Balaban J connectivity index is 1.46. The van der Waals surface area contributed by atoms with Crippen molar-refractivity contribution >= 4 is 17.7 Å². The Morgan fingerprint density at radius 2 is 2.19 bits per heavy atom. The summed E-state index contributed by atoms with van der Waals surface area (Å²) in [6.07, 6.45) is 6.78. The summed E-state index contributed by atoms with van der Waals surface area (Å²) in [5.74, 6) is 1.50. The third kappa shape index (κ3) is 7.63. The number of primary amides is 1. The van der Waals surface area contributed by atoms with Crippen molar-refractivity contribution in [2.24, 2.45) is 16.6 Å². The van der Waals surface area contributed by atoms with Crippen molar-refractivity contribution in [1.82, 2.24) is 15.6 Å². The lowest BCUT2D eigenvalue weighted by Crippen LogP contribution is -2.39. The van der Waals surface area contributed by atoms with E-state index in [1.165, 1.54) is 0 Å².